The molecule has 3 heterocycles. The Morgan fingerprint density at radius 3 is 1.85 bits per heavy atom. The summed E-state index contributed by atoms with van der Waals surface area (Å²) in [4.78, 5) is 10.3. The van der Waals surface area contributed by atoms with Crippen LogP contribution >= 0.6 is 0 Å². The number of hydrogen-bond acceptors (Lipinski definition) is 3. The van der Waals surface area contributed by atoms with Gasteiger partial charge in [-0.3, -0.25) is 0 Å². The summed E-state index contributed by atoms with van der Waals surface area (Å²) >= 11 is 0. The van der Waals surface area contributed by atoms with Gasteiger partial charge in [0.05, 0.1) is 27.9 Å². The molecular weight excluding hydrogens is 755 g/mol. The van der Waals surface area contributed by atoms with Crippen LogP contribution in [0.25, 0.3) is 127 Å². The zero-order chi connectivity index (χ0) is 40.7. The van der Waals surface area contributed by atoms with Gasteiger partial charge in [0.25, 0.3) is 0 Å². The molecule has 0 N–H and O–H groups in total. The normalized spacial score (nSPS) is 11.9. The van der Waals surface area contributed by atoms with Crippen molar-refractivity contribution in [2.75, 3.05) is 0 Å². The highest BCUT2D eigenvalue weighted by molar-refractivity contribution is 6.17. The van der Waals surface area contributed by atoms with E-state index in [1.54, 1.807) is 0 Å². The Labute approximate surface area is 356 Å². The molecule has 0 aliphatic heterocycles. The molecule has 62 heavy (non-hydrogen) atoms. The van der Waals surface area contributed by atoms with Crippen molar-refractivity contribution in [2.24, 2.45) is 0 Å². The summed E-state index contributed by atoms with van der Waals surface area (Å²) in [5, 5.41) is 10.6. The molecule has 3 aromatic heterocycles. The van der Waals surface area contributed by atoms with Gasteiger partial charge >= 0.3 is 0 Å². The maximum atomic E-state index is 6.56. The van der Waals surface area contributed by atoms with E-state index in [1.807, 2.05) is 24.3 Å². The number of para-hydroxylation sites is 1. The van der Waals surface area contributed by atoms with Crippen molar-refractivity contribution >= 4 is 76.2 Å². The number of aromatic nitrogens is 3. The standard InChI is InChI=1S/C58H35N3O/c1-3-14-36(15-4-1)57-47-29-26-41(34-50(47)59-58(60-57)37-16-5-2-6-17-37)43-23-13-25-55-56(43)49-33-39(28-31-54(49)62-55)38-27-30-52-48(32-38)46-22-11-12-24-51(46)61(52)53-35-40-18-7-8-19-42(40)44-20-9-10-21-45(44)53/h1-35H. The lowest BCUT2D eigenvalue weighted by Gasteiger charge is -2.14. The van der Waals surface area contributed by atoms with Crippen LogP contribution in [0.1, 0.15) is 0 Å². The maximum Gasteiger partial charge on any atom is 0.160 e. The SMILES string of the molecule is c1ccc(-c2nc(-c3ccccc3)c3ccc(-c4cccc5oc6ccc(-c7ccc8c(c7)c7ccccc7n8-c7cc8ccccc8c8ccccc78)cc6c45)cc3n2)cc1. The van der Waals surface area contributed by atoms with Crippen LogP contribution in [0.2, 0.25) is 0 Å². The average molecular weight is 790 g/mol. The molecular formula is C58H35N3O. The fourth-order valence-corrected chi connectivity index (χ4v) is 9.71. The molecule has 0 aliphatic rings. The highest BCUT2D eigenvalue weighted by atomic mass is 16.3. The molecule has 0 fully saturated rings. The highest BCUT2D eigenvalue weighted by Crippen LogP contribution is 2.42. The molecule has 0 saturated carbocycles. The molecule has 4 heteroatoms. The van der Waals surface area contributed by atoms with Gasteiger partial charge in [-0.05, 0) is 93.0 Å². The van der Waals surface area contributed by atoms with Gasteiger partial charge in [0.15, 0.2) is 5.82 Å². The minimum Gasteiger partial charge on any atom is -0.456 e. The molecule has 0 spiro atoms. The maximum absolute atomic E-state index is 6.56. The van der Waals surface area contributed by atoms with Gasteiger partial charge in [-0.25, -0.2) is 9.97 Å². The summed E-state index contributed by atoms with van der Waals surface area (Å²) in [5.74, 6) is 0.705. The summed E-state index contributed by atoms with van der Waals surface area (Å²) < 4.78 is 9.01. The van der Waals surface area contributed by atoms with E-state index in [-0.39, 0.29) is 0 Å². The molecule has 0 saturated heterocycles. The topological polar surface area (TPSA) is 43.9 Å². The minimum atomic E-state index is 0.705. The van der Waals surface area contributed by atoms with Gasteiger partial charge < -0.3 is 8.98 Å². The van der Waals surface area contributed by atoms with E-state index < -0.39 is 0 Å². The third kappa shape index (κ3) is 5.33. The molecule has 0 atom stereocenters. The average Bonchev–Trinajstić information content (AvgIpc) is 3.89. The second-order valence-electron chi connectivity index (χ2n) is 16.1. The minimum absolute atomic E-state index is 0.705. The fourth-order valence-electron chi connectivity index (χ4n) is 9.71. The zero-order valence-corrected chi connectivity index (χ0v) is 33.5. The summed E-state index contributed by atoms with van der Waals surface area (Å²) in [6.07, 6.45) is 0. The molecule has 0 amide bonds. The van der Waals surface area contributed by atoms with Crippen molar-refractivity contribution in [2.45, 2.75) is 0 Å². The number of benzene rings is 10. The molecule has 4 nitrogen and oxygen atoms in total. The van der Waals surface area contributed by atoms with Gasteiger partial charge in [-0.1, -0.05) is 158 Å². The lowest BCUT2D eigenvalue weighted by Crippen LogP contribution is -1.96. The molecule has 13 rings (SSSR count). The quantitative estimate of drug-likeness (QED) is 0.163. The predicted octanol–water partition coefficient (Wildman–Crippen LogP) is 15.6. The van der Waals surface area contributed by atoms with E-state index in [4.69, 9.17) is 14.4 Å². The van der Waals surface area contributed by atoms with Gasteiger partial charge in [-0.2, -0.15) is 0 Å². The summed E-state index contributed by atoms with van der Waals surface area (Å²) in [7, 11) is 0. The Balaban J connectivity index is 0.974. The third-order valence-electron chi connectivity index (χ3n) is 12.6. The lowest BCUT2D eigenvalue weighted by molar-refractivity contribution is 0.669. The van der Waals surface area contributed by atoms with Crippen molar-refractivity contribution in [1.29, 1.82) is 0 Å². The van der Waals surface area contributed by atoms with Gasteiger partial charge in [-0.15, -0.1) is 0 Å². The number of nitrogens with zero attached hydrogens (tertiary/aromatic N) is 3. The first-order valence-electron chi connectivity index (χ1n) is 21.1. The number of hydrogen-bond donors (Lipinski definition) is 0. The van der Waals surface area contributed by atoms with E-state index in [0.717, 1.165) is 71.9 Å². The van der Waals surface area contributed by atoms with Crippen LogP contribution in [0.3, 0.4) is 0 Å². The predicted molar refractivity (Wildman–Crippen MR) is 258 cm³/mol. The fraction of sp³-hybridized carbons (Fsp3) is 0. The second-order valence-corrected chi connectivity index (χ2v) is 16.1. The number of fused-ring (bicyclic) bond motifs is 10. The number of rotatable bonds is 5. The largest absolute Gasteiger partial charge is 0.456 e. The Hall–Kier alpha value is -8.34. The third-order valence-corrected chi connectivity index (χ3v) is 12.6. The van der Waals surface area contributed by atoms with E-state index in [1.165, 1.54) is 49.0 Å². The van der Waals surface area contributed by atoms with Crippen LogP contribution in [0.4, 0.5) is 0 Å². The van der Waals surface area contributed by atoms with Gasteiger partial charge in [0.2, 0.25) is 0 Å². The first-order chi connectivity index (χ1) is 30.7. The van der Waals surface area contributed by atoms with Crippen molar-refractivity contribution in [3.05, 3.63) is 212 Å². The summed E-state index contributed by atoms with van der Waals surface area (Å²) in [5.41, 5.74) is 13.6. The van der Waals surface area contributed by atoms with E-state index in [0.29, 0.717) is 5.82 Å². The van der Waals surface area contributed by atoms with Gasteiger partial charge in [0.1, 0.15) is 11.2 Å². The van der Waals surface area contributed by atoms with Crippen molar-refractivity contribution < 1.29 is 4.42 Å². The van der Waals surface area contributed by atoms with E-state index in [9.17, 15) is 0 Å². The van der Waals surface area contributed by atoms with Crippen LogP contribution in [0.5, 0.6) is 0 Å². The van der Waals surface area contributed by atoms with Crippen molar-refractivity contribution in [3.8, 4) is 50.6 Å². The molecule has 0 bridgehead atoms. The van der Waals surface area contributed by atoms with Crippen LogP contribution in [0, 0.1) is 0 Å². The molecule has 0 radical (unpaired) electrons. The van der Waals surface area contributed by atoms with Crippen LogP contribution < -0.4 is 0 Å². The summed E-state index contributed by atoms with van der Waals surface area (Å²) in [6.45, 7) is 0. The summed E-state index contributed by atoms with van der Waals surface area (Å²) in [6, 6.07) is 75.6. The highest BCUT2D eigenvalue weighted by Gasteiger charge is 2.19. The molecule has 10 aromatic carbocycles. The molecule has 0 unspecified atom stereocenters. The molecule has 288 valence electrons. The zero-order valence-electron chi connectivity index (χ0n) is 33.5. The lowest BCUT2D eigenvalue weighted by atomic mass is 9.95. The smallest absolute Gasteiger partial charge is 0.160 e. The Morgan fingerprint density at radius 2 is 1.02 bits per heavy atom. The first-order valence-corrected chi connectivity index (χ1v) is 21.1. The van der Waals surface area contributed by atoms with E-state index in [2.05, 4.69) is 193 Å². The Bertz CT molecular complexity index is 3920. The van der Waals surface area contributed by atoms with Crippen LogP contribution in [-0.4, -0.2) is 14.5 Å². The monoisotopic (exact) mass is 789 g/mol. The second kappa shape index (κ2) is 13.6. The Morgan fingerprint density at radius 1 is 0.355 bits per heavy atom. The van der Waals surface area contributed by atoms with Crippen LogP contribution in [0.15, 0.2) is 217 Å². The van der Waals surface area contributed by atoms with Gasteiger partial charge in [0, 0.05) is 43.4 Å². The van der Waals surface area contributed by atoms with E-state index >= 15 is 0 Å². The van der Waals surface area contributed by atoms with Crippen molar-refractivity contribution in [1.82, 2.24) is 14.5 Å². The molecule has 0 aliphatic carbocycles. The van der Waals surface area contributed by atoms with Crippen molar-refractivity contribution in [3.63, 3.8) is 0 Å². The number of furan rings is 1. The first kappa shape index (κ1) is 34.5. The van der Waals surface area contributed by atoms with Crippen LogP contribution in [-0.2, 0) is 0 Å². The molecule has 13 aromatic rings. The Kier molecular flexibility index (Phi) is 7.57.